The maximum Gasteiger partial charge on any atom is 0.0598 e. The zero-order valence-electron chi connectivity index (χ0n) is 13.8. The lowest BCUT2D eigenvalue weighted by molar-refractivity contribution is -0.0122. The van der Waals surface area contributed by atoms with Gasteiger partial charge in [0.25, 0.3) is 0 Å². The van der Waals surface area contributed by atoms with E-state index in [0.29, 0.717) is 0 Å². The van der Waals surface area contributed by atoms with E-state index in [2.05, 4.69) is 70.3 Å². The molecule has 2 nitrogen and oxygen atoms in total. The molecular formula is C18H31NO. The highest BCUT2D eigenvalue weighted by molar-refractivity contribution is 5.26. The van der Waals surface area contributed by atoms with Crippen LogP contribution in [0.4, 0.5) is 0 Å². The summed E-state index contributed by atoms with van der Waals surface area (Å²) in [5.74, 6) is 0. The van der Waals surface area contributed by atoms with Gasteiger partial charge in [-0.1, -0.05) is 44.2 Å². The summed E-state index contributed by atoms with van der Waals surface area (Å²) in [7, 11) is 0. The fourth-order valence-corrected chi connectivity index (χ4v) is 2.55. The predicted molar refractivity (Wildman–Crippen MR) is 87.3 cm³/mol. The lowest BCUT2D eigenvalue weighted by Gasteiger charge is -2.35. The summed E-state index contributed by atoms with van der Waals surface area (Å²) in [5, 5.41) is 3.53. The minimum Gasteiger partial charge on any atom is -0.376 e. The van der Waals surface area contributed by atoms with Crippen molar-refractivity contribution < 1.29 is 4.74 Å². The van der Waals surface area contributed by atoms with Crippen LogP contribution >= 0.6 is 0 Å². The van der Waals surface area contributed by atoms with Gasteiger partial charge in [-0.15, -0.1) is 0 Å². The standard InChI is InChI=1S/C18H31NO/c1-6-18(15-19-7-2,13-14-20-17(3,4)5)16-11-9-8-10-12-16/h8-12,19H,6-7,13-15H2,1-5H3. The fourth-order valence-electron chi connectivity index (χ4n) is 2.55. The summed E-state index contributed by atoms with van der Waals surface area (Å²) < 4.78 is 5.96. The molecule has 0 radical (unpaired) electrons. The number of hydrogen-bond donors (Lipinski definition) is 1. The Morgan fingerprint density at radius 1 is 1.05 bits per heavy atom. The van der Waals surface area contributed by atoms with E-state index < -0.39 is 0 Å². The molecule has 1 unspecified atom stereocenters. The van der Waals surface area contributed by atoms with Crippen LogP contribution in [0.15, 0.2) is 30.3 Å². The zero-order valence-corrected chi connectivity index (χ0v) is 13.8. The molecule has 0 aliphatic carbocycles. The van der Waals surface area contributed by atoms with Crippen LogP contribution in [-0.2, 0) is 10.2 Å². The molecule has 0 aliphatic heterocycles. The SMILES string of the molecule is CCNCC(CC)(CCOC(C)(C)C)c1ccccc1. The Bertz CT molecular complexity index is 369. The molecule has 0 saturated heterocycles. The summed E-state index contributed by atoms with van der Waals surface area (Å²) in [6.07, 6.45) is 2.18. The predicted octanol–water partition coefficient (Wildman–Crippen LogP) is 4.15. The third-order valence-corrected chi connectivity index (χ3v) is 3.89. The van der Waals surface area contributed by atoms with E-state index in [1.807, 2.05) is 0 Å². The lowest BCUT2D eigenvalue weighted by atomic mass is 9.75. The molecule has 2 heteroatoms. The second-order valence-electron chi connectivity index (χ2n) is 6.49. The first-order chi connectivity index (χ1) is 9.43. The molecule has 1 N–H and O–H groups in total. The molecule has 0 spiro atoms. The smallest absolute Gasteiger partial charge is 0.0598 e. The largest absolute Gasteiger partial charge is 0.376 e. The molecule has 1 rings (SSSR count). The second-order valence-corrected chi connectivity index (χ2v) is 6.49. The van der Waals surface area contributed by atoms with E-state index in [1.165, 1.54) is 5.56 Å². The summed E-state index contributed by atoms with van der Waals surface area (Å²) in [5.41, 5.74) is 1.53. The number of benzene rings is 1. The molecule has 0 aromatic heterocycles. The van der Waals surface area contributed by atoms with Gasteiger partial charge >= 0.3 is 0 Å². The van der Waals surface area contributed by atoms with Crippen molar-refractivity contribution >= 4 is 0 Å². The molecular weight excluding hydrogens is 246 g/mol. The third-order valence-electron chi connectivity index (χ3n) is 3.89. The van der Waals surface area contributed by atoms with Gasteiger partial charge in [0.2, 0.25) is 0 Å². The Balaban J connectivity index is 2.83. The van der Waals surface area contributed by atoms with E-state index >= 15 is 0 Å². The van der Waals surface area contributed by atoms with Gasteiger partial charge in [0.1, 0.15) is 0 Å². The van der Waals surface area contributed by atoms with Crippen LogP contribution in [0.3, 0.4) is 0 Å². The number of hydrogen-bond acceptors (Lipinski definition) is 2. The molecule has 1 aromatic carbocycles. The van der Waals surface area contributed by atoms with Crippen LogP contribution < -0.4 is 5.32 Å². The van der Waals surface area contributed by atoms with Crippen molar-refractivity contribution in [3.63, 3.8) is 0 Å². The molecule has 114 valence electrons. The van der Waals surface area contributed by atoms with Gasteiger partial charge < -0.3 is 10.1 Å². The highest BCUT2D eigenvalue weighted by atomic mass is 16.5. The molecule has 0 amide bonds. The number of ether oxygens (including phenoxy) is 1. The van der Waals surface area contributed by atoms with Crippen molar-refractivity contribution in [1.29, 1.82) is 0 Å². The molecule has 0 aliphatic rings. The topological polar surface area (TPSA) is 21.3 Å². The molecule has 0 saturated carbocycles. The highest BCUT2D eigenvalue weighted by Gasteiger charge is 2.30. The van der Waals surface area contributed by atoms with Crippen molar-refractivity contribution in [2.45, 2.75) is 58.5 Å². The number of rotatable bonds is 8. The maximum absolute atomic E-state index is 5.96. The Labute approximate surface area is 124 Å². The van der Waals surface area contributed by atoms with Gasteiger partial charge in [0.05, 0.1) is 5.60 Å². The Morgan fingerprint density at radius 3 is 2.20 bits per heavy atom. The summed E-state index contributed by atoms with van der Waals surface area (Å²) in [6, 6.07) is 10.9. The van der Waals surface area contributed by atoms with E-state index in [-0.39, 0.29) is 11.0 Å². The monoisotopic (exact) mass is 277 g/mol. The first-order valence-electron chi connectivity index (χ1n) is 7.84. The number of likely N-dealkylation sites (N-methyl/N-ethyl adjacent to an activating group) is 1. The van der Waals surface area contributed by atoms with Crippen molar-refractivity contribution in [3.8, 4) is 0 Å². The third kappa shape index (κ3) is 5.26. The van der Waals surface area contributed by atoms with Crippen LogP contribution in [0, 0.1) is 0 Å². The average Bonchev–Trinajstić information content (AvgIpc) is 2.42. The van der Waals surface area contributed by atoms with E-state index in [0.717, 1.165) is 32.5 Å². The van der Waals surface area contributed by atoms with Gasteiger partial charge in [-0.05, 0) is 45.7 Å². The van der Waals surface area contributed by atoms with Gasteiger partial charge in [0, 0.05) is 18.6 Å². The fraction of sp³-hybridized carbons (Fsp3) is 0.667. The normalized spacial score (nSPS) is 15.1. The molecule has 1 aromatic rings. The molecule has 20 heavy (non-hydrogen) atoms. The van der Waals surface area contributed by atoms with E-state index in [4.69, 9.17) is 4.74 Å². The van der Waals surface area contributed by atoms with Crippen LogP contribution in [0.5, 0.6) is 0 Å². The van der Waals surface area contributed by atoms with Crippen LogP contribution in [-0.4, -0.2) is 25.3 Å². The first-order valence-corrected chi connectivity index (χ1v) is 7.84. The van der Waals surface area contributed by atoms with Gasteiger partial charge in [0.15, 0.2) is 0 Å². The maximum atomic E-state index is 5.96. The molecule has 0 fully saturated rings. The molecule has 0 heterocycles. The van der Waals surface area contributed by atoms with Crippen molar-refractivity contribution in [1.82, 2.24) is 5.32 Å². The minimum atomic E-state index is -0.0612. The van der Waals surface area contributed by atoms with Gasteiger partial charge in [-0.2, -0.15) is 0 Å². The van der Waals surface area contributed by atoms with Crippen LogP contribution in [0.1, 0.15) is 53.0 Å². The van der Waals surface area contributed by atoms with Crippen molar-refractivity contribution in [2.24, 2.45) is 0 Å². The minimum absolute atomic E-state index is 0.0612. The van der Waals surface area contributed by atoms with E-state index in [1.54, 1.807) is 0 Å². The first kappa shape index (κ1) is 17.2. The quantitative estimate of drug-likeness (QED) is 0.771. The summed E-state index contributed by atoms with van der Waals surface area (Å²) in [6.45, 7) is 13.6. The average molecular weight is 277 g/mol. The number of nitrogens with one attached hydrogen (secondary N) is 1. The van der Waals surface area contributed by atoms with Gasteiger partial charge in [-0.25, -0.2) is 0 Å². The van der Waals surface area contributed by atoms with E-state index in [9.17, 15) is 0 Å². The lowest BCUT2D eigenvalue weighted by Crippen LogP contribution is -2.39. The Kier molecular flexibility index (Phi) is 6.70. The van der Waals surface area contributed by atoms with Crippen molar-refractivity contribution in [2.75, 3.05) is 19.7 Å². The Hall–Kier alpha value is -0.860. The Morgan fingerprint density at radius 2 is 1.70 bits per heavy atom. The summed E-state index contributed by atoms with van der Waals surface area (Å²) in [4.78, 5) is 0. The van der Waals surface area contributed by atoms with Crippen molar-refractivity contribution in [3.05, 3.63) is 35.9 Å². The summed E-state index contributed by atoms with van der Waals surface area (Å²) >= 11 is 0. The van der Waals surface area contributed by atoms with Crippen LogP contribution in [0.25, 0.3) is 0 Å². The molecule has 1 atom stereocenters. The second kappa shape index (κ2) is 7.80. The highest BCUT2D eigenvalue weighted by Crippen LogP contribution is 2.31. The molecule has 0 bridgehead atoms. The van der Waals surface area contributed by atoms with Gasteiger partial charge in [-0.3, -0.25) is 0 Å². The zero-order chi connectivity index (χ0) is 15.1. The van der Waals surface area contributed by atoms with Crippen LogP contribution in [0.2, 0.25) is 0 Å².